The normalized spacial score (nSPS) is 27.0. The molecule has 2 N–H and O–H groups in total. The molecule has 0 saturated carbocycles. The van der Waals surface area contributed by atoms with Crippen molar-refractivity contribution in [2.45, 2.75) is 37.1 Å². The number of aliphatic hydroxyl groups is 1. The molecule has 1 spiro atoms. The van der Waals surface area contributed by atoms with Gasteiger partial charge in [-0.3, -0.25) is 0 Å². The standard InChI is InChI=1S/C14H27NO5/c1-17-6-7-18-9-12(16)10-19-13-8-14(20-11-13)2-4-15-5-3-14/h12-13,15-16H,2-11H2,1H3. The molecular formula is C14H27NO5. The van der Waals surface area contributed by atoms with Gasteiger partial charge in [-0.1, -0.05) is 0 Å². The Bertz CT molecular complexity index is 270. The summed E-state index contributed by atoms with van der Waals surface area (Å²) < 4.78 is 21.8. The van der Waals surface area contributed by atoms with Crippen LogP contribution in [0.1, 0.15) is 19.3 Å². The first-order valence-corrected chi connectivity index (χ1v) is 7.45. The van der Waals surface area contributed by atoms with Crippen molar-refractivity contribution in [2.75, 3.05) is 53.2 Å². The number of ether oxygens (including phenoxy) is 4. The van der Waals surface area contributed by atoms with Gasteiger partial charge in [-0.25, -0.2) is 0 Å². The van der Waals surface area contributed by atoms with Crippen LogP contribution < -0.4 is 5.32 Å². The van der Waals surface area contributed by atoms with Crippen LogP contribution in [0.3, 0.4) is 0 Å². The topological polar surface area (TPSA) is 69.2 Å². The maximum absolute atomic E-state index is 9.77. The fraction of sp³-hybridized carbons (Fsp3) is 1.00. The molecule has 2 heterocycles. The molecule has 118 valence electrons. The lowest BCUT2D eigenvalue weighted by atomic mass is 9.89. The van der Waals surface area contributed by atoms with Crippen LogP contribution in [0, 0.1) is 0 Å². The number of methoxy groups -OCH3 is 1. The van der Waals surface area contributed by atoms with Crippen molar-refractivity contribution in [3.8, 4) is 0 Å². The first-order valence-electron chi connectivity index (χ1n) is 7.45. The third kappa shape index (κ3) is 4.95. The molecule has 0 amide bonds. The first kappa shape index (κ1) is 16.1. The molecule has 20 heavy (non-hydrogen) atoms. The Hall–Kier alpha value is -0.240. The zero-order valence-corrected chi connectivity index (χ0v) is 12.3. The number of hydrogen-bond donors (Lipinski definition) is 2. The van der Waals surface area contributed by atoms with E-state index in [0.717, 1.165) is 32.4 Å². The molecule has 2 aliphatic heterocycles. The smallest absolute Gasteiger partial charge is 0.101 e. The van der Waals surface area contributed by atoms with Gasteiger partial charge in [-0.2, -0.15) is 0 Å². The molecule has 2 aliphatic rings. The summed E-state index contributed by atoms with van der Waals surface area (Å²) in [5.41, 5.74) is 0.00976. The monoisotopic (exact) mass is 289 g/mol. The van der Waals surface area contributed by atoms with Gasteiger partial charge in [0.25, 0.3) is 0 Å². The molecule has 0 aliphatic carbocycles. The van der Waals surface area contributed by atoms with Crippen molar-refractivity contribution in [1.82, 2.24) is 5.32 Å². The molecule has 2 atom stereocenters. The summed E-state index contributed by atoms with van der Waals surface area (Å²) >= 11 is 0. The zero-order valence-electron chi connectivity index (χ0n) is 12.3. The van der Waals surface area contributed by atoms with Crippen LogP contribution >= 0.6 is 0 Å². The predicted molar refractivity (Wildman–Crippen MR) is 73.8 cm³/mol. The highest BCUT2D eigenvalue weighted by Gasteiger charge is 2.41. The van der Waals surface area contributed by atoms with E-state index < -0.39 is 6.10 Å². The lowest BCUT2D eigenvalue weighted by Crippen LogP contribution is -2.41. The fourth-order valence-corrected chi connectivity index (χ4v) is 2.80. The fourth-order valence-electron chi connectivity index (χ4n) is 2.80. The van der Waals surface area contributed by atoms with E-state index in [1.807, 2.05) is 0 Å². The Balaban J connectivity index is 1.58. The van der Waals surface area contributed by atoms with Crippen molar-refractivity contribution < 1.29 is 24.1 Å². The van der Waals surface area contributed by atoms with E-state index >= 15 is 0 Å². The van der Waals surface area contributed by atoms with Crippen LogP contribution in [0.2, 0.25) is 0 Å². The molecule has 6 nitrogen and oxygen atoms in total. The van der Waals surface area contributed by atoms with Gasteiger partial charge in [0, 0.05) is 13.5 Å². The summed E-state index contributed by atoms with van der Waals surface area (Å²) in [5, 5.41) is 13.1. The van der Waals surface area contributed by atoms with Crippen LogP contribution in [0.5, 0.6) is 0 Å². The van der Waals surface area contributed by atoms with Crippen molar-refractivity contribution in [3.63, 3.8) is 0 Å². The van der Waals surface area contributed by atoms with Gasteiger partial charge < -0.3 is 29.4 Å². The molecule has 2 rings (SSSR count). The average molecular weight is 289 g/mol. The quantitative estimate of drug-likeness (QED) is 0.610. The van der Waals surface area contributed by atoms with Crippen LogP contribution in [0.4, 0.5) is 0 Å². The van der Waals surface area contributed by atoms with Gasteiger partial charge in [-0.05, 0) is 25.9 Å². The van der Waals surface area contributed by atoms with Crippen LogP contribution in [-0.4, -0.2) is 76.1 Å². The predicted octanol–water partition coefficient (Wildman–Crippen LogP) is -0.0620. The van der Waals surface area contributed by atoms with E-state index in [1.165, 1.54) is 0 Å². The van der Waals surface area contributed by atoms with E-state index in [0.29, 0.717) is 26.4 Å². The minimum Gasteiger partial charge on any atom is -0.388 e. The Morgan fingerprint density at radius 1 is 1.30 bits per heavy atom. The zero-order chi connectivity index (χ0) is 14.3. The number of aliphatic hydroxyl groups excluding tert-OH is 1. The summed E-state index contributed by atoms with van der Waals surface area (Å²) in [6.07, 6.45) is 2.55. The Kier molecular flexibility index (Phi) is 6.67. The highest BCUT2D eigenvalue weighted by molar-refractivity contribution is 4.93. The van der Waals surface area contributed by atoms with Crippen molar-refractivity contribution >= 4 is 0 Å². The second kappa shape index (κ2) is 8.26. The van der Waals surface area contributed by atoms with Crippen molar-refractivity contribution in [1.29, 1.82) is 0 Å². The Morgan fingerprint density at radius 3 is 2.85 bits per heavy atom. The maximum atomic E-state index is 9.77. The second-order valence-electron chi connectivity index (χ2n) is 5.63. The van der Waals surface area contributed by atoms with Gasteiger partial charge >= 0.3 is 0 Å². The SMILES string of the molecule is COCCOCC(O)COC1COC2(CCNCC2)C1. The highest BCUT2D eigenvalue weighted by Crippen LogP contribution is 2.35. The minimum atomic E-state index is -0.587. The largest absolute Gasteiger partial charge is 0.388 e. The third-order valence-electron chi connectivity index (χ3n) is 3.96. The first-order chi connectivity index (χ1) is 9.74. The minimum absolute atomic E-state index is 0.00976. The van der Waals surface area contributed by atoms with Gasteiger partial charge in [0.2, 0.25) is 0 Å². The molecule has 2 unspecified atom stereocenters. The Morgan fingerprint density at radius 2 is 2.10 bits per heavy atom. The van der Waals surface area contributed by atoms with Crippen molar-refractivity contribution in [3.05, 3.63) is 0 Å². The summed E-state index contributed by atoms with van der Waals surface area (Å²) in [7, 11) is 1.62. The van der Waals surface area contributed by atoms with Gasteiger partial charge in [0.1, 0.15) is 6.10 Å². The van der Waals surface area contributed by atoms with Gasteiger partial charge in [0.05, 0.1) is 44.7 Å². The number of hydrogen-bond acceptors (Lipinski definition) is 6. The molecule has 0 aromatic heterocycles. The van der Waals surface area contributed by atoms with Crippen LogP contribution in [-0.2, 0) is 18.9 Å². The van der Waals surface area contributed by atoms with Crippen LogP contribution in [0.15, 0.2) is 0 Å². The summed E-state index contributed by atoms with van der Waals surface area (Å²) in [6, 6.07) is 0. The summed E-state index contributed by atoms with van der Waals surface area (Å²) in [6.45, 7) is 4.29. The molecule has 0 bridgehead atoms. The molecule has 6 heteroatoms. The van der Waals surface area contributed by atoms with Crippen molar-refractivity contribution in [2.24, 2.45) is 0 Å². The lowest BCUT2D eigenvalue weighted by molar-refractivity contribution is -0.0525. The summed E-state index contributed by atoms with van der Waals surface area (Å²) in [5.74, 6) is 0. The average Bonchev–Trinajstić information content (AvgIpc) is 2.85. The van der Waals surface area contributed by atoms with E-state index in [4.69, 9.17) is 18.9 Å². The van der Waals surface area contributed by atoms with E-state index in [1.54, 1.807) is 7.11 Å². The van der Waals surface area contributed by atoms with Gasteiger partial charge in [0.15, 0.2) is 0 Å². The third-order valence-corrected chi connectivity index (χ3v) is 3.96. The van der Waals surface area contributed by atoms with Gasteiger partial charge in [-0.15, -0.1) is 0 Å². The Labute approximate surface area is 120 Å². The van der Waals surface area contributed by atoms with E-state index in [9.17, 15) is 5.11 Å². The second-order valence-corrected chi connectivity index (χ2v) is 5.63. The molecule has 0 aromatic rings. The molecule has 0 aromatic carbocycles. The highest BCUT2D eigenvalue weighted by atomic mass is 16.6. The molecular weight excluding hydrogens is 262 g/mol. The molecule has 2 fully saturated rings. The summed E-state index contributed by atoms with van der Waals surface area (Å²) in [4.78, 5) is 0. The number of rotatable bonds is 8. The number of piperidine rings is 1. The maximum Gasteiger partial charge on any atom is 0.101 e. The van der Waals surface area contributed by atoms with E-state index in [2.05, 4.69) is 5.32 Å². The van der Waals surface area contributed by atoms with Crippen LogP contribution in [0.25, 0.3) is 0 Å². The number of nitrogens with one attached hydrogen (secondary N) is 1. The lowest BCUT2D eigenvalue weighted by Gasteiger charge is -2.32. The van der Waals surface area contributed by atoms with E-state index in [-0.39, 0.29) is 18.3 Å². The molecule has 0 radical (unpaired) electrons. The molecule has 2 saturated heterocycles.